The predicted molar refractivity (Wildman–Crippen MR) is 254 cm³/mol. The van der Waals surface area contributed by atoms with E-state index >= 15 is 0 Å². The Balaban J connectivity index is 0.824. The highest BCUT2D eigenvalue weighted by molar-refractivity contribution is 7.83. The quantitative estimate of drug-likeness (QED) is 0.0722. The van der Waals surface area contributed by atoms with Crippen LogP contribution in [0.1, 0.15) is 67.3 Å². The number of likely N-dealkylation sites (tertiary alicyclic amines) is 1. The number of anilines is 2. The van der Waals surface area contributed by atoms with Crippen molar-refractivity contribution in [3.8, 4) is 11.5 Å². The molecule has 14 nitrogen and oxygen atoms in total. The van der Waals surface area contributed by atoms with Crippen LogP contribution >= 0.6 is 11.6 Å². The molecule has 340 valence electrons. The molecular weight excluding hydrogens is 864 g/mol. The molecule has 4 fully saturated rings. The summed E-state index contributed by atoms with van der Waals surface area (Å²) in [5.41, 5.74) is 6.73. The van der Waals surface area contributed by atoms with E-state index in [9.17, 15) is 19.1 Å². The van der Waals surface area contributed by atoms with Crippen LogP contribution in [0.3, 0.4) is 0 Å². The van der Waals surface area contributed by atoms with Gasteiger partial charge in [0.15, 0.2) is 11.0 Å². The van der Waals surface area contributed by atoms with Gasteiger partial charge in [-0.3, -0.25) is 29.4 Å². The van der Waals surface area contributed by atoms with Crippen LogP contribution in [0.2, 0.25) is 5.02 Å². The average Bonchev–Trinajstić information content (AvgIpc) is 3.76. The number of hydrogen-bond acceptors (Lipinski definition) is 11. The number of ether oxygens (including phenoxy) is 2. The Morgan fingerprint density at radius 2 is 1.78 bits per heavy atom. The fourth-order valence-corrected chi connectivity index (χ4v) is 11.2. The Kier molecular flexibility index (Phi) is 12.7. The Labute approximate surface area is 386 Å². The summed E-state index contributed by atoms with van der Waals surface area (Å²) in [6, 6.07) is 22.4. The number of H-pyrrole nitrogens is 1. The number of piperazine rings is 1. The van der Waals surface area contributed by atoms with Gasteiger partial charge in [-0.1, -0.05) is 35.7 Å². The minimum Gasteiger partial charge on any atom is -0.455 e. The number of rotatable bonds is 14. The van der Waals surface area contributed by atoms with Gasteiger partial charge >= 0.3 is 0 Å². The molecule has 3 saturated heterocycles. The maximum Gasteiger partial charge on any atom is 0.293 e. The molecule has 65 heavy (non-hydrogen) atoms. The number of piperidine rings is 1. The molecule has 5 aromatic rings. The second-order valence-corrected chi connectivity index (χ2v) is 20.1. The molecule has 2 aromatic heterocycles. The topological polar surface area (TPSA) is 158 Å². The highest BCUT2D eigenvalue weighted by Gasteiger charge is 2.41. The van der Waals surface area contributed by atoms with E-state index in [4.69, 9.17) is 21.1 Å². The molecule has 1 unspecified atom stereocenters. The summed E-state index contributed by atoms with van der Waals surface area (Å²) in [6.45, 7) is 8.43. The smallest absolute Gasteiger partial charge is 0.293 e. The van der Waals surface area contributed by atoms with Gasteiger partial charge in [-0.2, -0.15) is 0 Å². The lowest BCUT2D eigenvalue weighted by Gasteiger charge is -2.47. The van der Waals surface area contributed by atoms with E-state index < -0.39 is 21.8 Å². The third kappa shape index (κ3) is 9.66. The molecule has 2 aliphatic carbocycles. The molecule has 3 aliphatic heterocycles. The number of carbonyl (C=O) groups excluding carboxylic acids is 1. The van der Waals surface area contributed by atoms with Crippen LogP contribution < -0.4 is 19.7 Å². The Morgan fingerprint density at radius 3 is 2.51 bits per heavy atom. The van der Waals surface area contributed by atoms with Crippen LogP contribution in [0.5, 0.6) is 11.5 Å². The second kappa shape index (κ2) is 18.9. The summed E-state index contributed by atoms with van der Waals surface area (Å²) in [4.78, 5) is 40.7. The van der Waals surface area contributed by atoms with E-state index in [0.29, 0.717) is 41.0 Å². The zero-order chi connectivity index (χ0) is 44.5. The lowest BCUT2D eigenvalue weighted by Crippen LogP contribution is -2.52. The fourth-order valence-electron chi connectivity index (χ4n) is 10.2. The van der Waals surface area contributed by atoms with Gasteiger partial charge in [0.05, 0.1) is 40.8 Å². The van der Waals surface area contributed by atoms with E-state index in [2.05, 4.69) is 46.8 Å². The number of fused-ring (bicyclic) bond motifs is 1. The Hall–Kier alpha value is -5.32. The summed E-state index contributed by atoms with van der Waals surface area (Å²) < 4.78 is 28.1. The van der Waals surface area contributed by atoms with Crippen molar-refractivity contribution in [1.29, 1.82) is 0 Å². The number of benzene rings is 3. The molecular formula is C49H55ClN8O6S. The van der Waals surface area contributed by atoms with E-state index in [0.717, 1.165) is 101 Å². The number of carbonyl (C=O) groups is 1. The minimum atomic E-state index is -2.11. The molecule has 1 amide bonds. The maximum atomic E-state index is 14.0. The molecule has 1 atom stereocenters. The number of allylic oxidation sites excluding steroid dienone is 1. The molecule has 5 aliphatic rings. The van der Waals surface area contributed by atoms with Crippen LogP contribution in [0.25, 0.3) is 16.6 Å². The Morgan fingerprint density at radius 1 is 0.985 bits per heavy atom. The van der Waals surface area contributed by atoms with Crippen molar-refractivity contribution in [2.75, 3.05) is 75.8 Å². The van der Waals surface area contributed by atoms with Crippen molar-refractivity contribution < 1.29 is 23.4 Å². The normalized spacial score (nSPS) is 20.0. The number of nitro benzene ring substituents is 1. The Bertz CT molecular complexity index is 2610. The van der Waals surface area contributed by atoms with Crippen molar-refractivity contribution in [1.82, 2.24) is 24.5 Å². The van der Waals surface area contributed by atoms with Gasteiger partial charge < -0.3 is 24.7 Å². The fraction of sp³-hybridized carbons (Fsp3) is 0.429. The van der Waals surface area contributed by atoms with Crippen molar-refractivity contribution >= 4 is 62.2 Å². The van der Waals surface area contributed by atoms with Gasteiger partial charge in [-0.05, 0) is 129 Å². The molecule has 1 spiro atoms. The summed E-state index contributed by atoms with van der Waals surface area (Å²) in [6.07, 6.45) is 12.9. The third-order valence-corrected chi connectivity index (χ3v) is 15.7. The maximum absolute atomic E-state index is 14.0. The summed E-state index contributed by atoms with van der Waals surface area (Å²) in [5.74, 6) is 0.452. The SMILES string of the molecule is O=C(NS(=O)c1ccc(NCC2CCN(C3COC3)CC2)c([N+](=O)[O-])c1)c1ccc(N2CCN(CC3=C(c4ccc(Cl)cc4)CC4(CCC4)CC3)CC2)cc1Oc1cnc2[nH]ccc2c1. The number of aromatic amines is 1. The summed E-state index contributed by atoms with van der Waals surface area (Å²) in [5, 5.41) is 17.1. The molecule has 0 bridgehead atoms. The molecule has 1 saturated carbocycles. The van der Waals surface area contributed by atoms with Crippen molar-refractivity contribution in [3.63, 3.8) is 0 Å². The van der Waals surface area contributed by atoms with E-state index in [1.54, 1.807) is 36.2 Å². The largest absolute Gasteiger partial charge is 0.455 e. The molecule has 0 radical (unpaired) electrons. The first-order valence-corrected chi connectivity index (χ1v) is 24.4. The molecule has 10 rings (SSSR count). The van der Waals surface area contributed by atoms with E-state index in [1.165, 1.54) is 42.9 Å². The van der Waals surface area contributed by atoms with Crippen LogP contribution in [0, 0.1) is 21.4 Å². The van der Waals surface area contributed by atoms with E-state index in [-0.39, 0.29) is 21.9 Å². The van der Waals surface area contributed by atoms with Crippen LogP contribution in [-0.4, -0.2) is 106 Å². The number of halogens is 1. The monoisotopic (exact) mass is 918 g/mol. The van der Waals surface area contributed by atoms with Gasteiger partial charge in [0.1, 0.15) is 22.8 Å². The van der Waals surface area contributed by atoms with Gasteiger partial charge in [0, 0.05) is 73.7 Å². The van der Waals surface area contributed by atoms with Crippen molar-refractivity contribution in [2.24, 2.45) is 11.3 Å². The molecule has 3 N–H and O–H groups in total. The van der Waals surface area contributed by atoms with Crippen molar-refractivity contribution in [3.05, 3.63) is 117 Å². The number of nitrogens with zero attached hydrogens (tertiary/aromatic N) is 5. The highest BCUT2D eigenvalue weighted by atomic mass is 35.5. The first-order chi connectivity index (χ1) is 31.6. The predicted octanol–water partition coefficient (Wildman–Crippen LogP) is 8.82. The minimum absolute atomic E-state index is 0.109. The van der Waals surface area contributed by atoms with Gasteiger partial charge in [0.2, 0.25) is 0 Å². The average molecular weight is 920 g/mol. The number of pyridine rings is 1. The van der Waals surface area contributed by atoms with Crippen LogP contribution in [0.15, 0.2) is 95.7 Å². The zero-order valence-electron chi connectivity index (χ0n) is 36.4. The number of nitrogens with one attached hydrogen (secondary N) is 3. The number of hydrogen-bond donors (Lipinski definition) is 3. The van der Waals surface area contributed by atoms with Crippen LogP contribution in [-0.2, 0) is 15.7 Å². The number of amides is 1. The third-order valence-electron chi connectivity index (χ3n) is 14.4. The van der Waals surface area contributed by atoms with Gasteiger partial charge in [-0.25, -0.2) is 9.19 Å². The second-order valence-electron chi connectivity index (χ2n) is 18.4. The first-order valence-electron chi connectivity index (χ1n) is 22.9. The lowest BCUT2D eigenvalue weighted by molar-refractivity contribution is -0.384. The highest BCUT2D eigenvalue weighted by Crippen LogP contribution is 2.55. The molecule has 16 heteroatoms. The van der Waals surface area contributed by atoms with Crippen molar-refractivity contribution in [2.45, 2.75) is 62.3 Å². The van der Waals surface area contributed by atoms with Gasteiger partial charge in [-0.15, -0.1) is 0 Å². The number of aromatic nitrogens is 2. The molecule has 5 heterocycles. The first kappa shape index (κ1) is 43.6. The standard InChI is InChI=1S/C49H55ClN8O6S/c50-37-4-2-34(3-5-37)43-27-49(14-1-15-49)16-10-36(43)30-55-20-22-57(23-21-55)38-6-8-42(46(25-38)64-40-24-35-11-17-51-47(35)53-29-40)48(59)54-65(62)41-7-9-44(45(26-41)58(60)61)52-28-33-12-18-56(19-13-33)39-31-63-32-39/h2-9,11,17,24-26,29,33,39,52H,1,10,12-16,18-23,27-28,30-32H2,(H,51,53)(H,54,59). The summed E-state index contributed by atoms with van der Waals surface area (Å²) >= 11 is 6.29. The molecule has 3 aromatic carbocycles. The van der Waals surface area contributed by atoms with Gasteiger partial charge in [0.25, 0.3) is 11.6 Å². The number of nitro groups is 1. The lowest BCUT2D eigenvalue weighted by atomic mass is 9.59. The van der Waals surface area contributed by atoms with E-state index in [1.807, 2.05) is 36.4 Å². The van der Waals surface area contributed by atoms with Crippen LogP contribution in [0.4, 0.5) is 17.1 Å². The summed E-state index contributed by atoms with van der Waals surface area (Å²) in [7, 11) is -2.11. The zero-order valence-corrected chi connectivity index (χ0v) is 38.0.